The molecule has 0 unspecified atom stereocenters. The van der Waals surface area contributed by atoms with Gasteiger partial charge in [-0.2, -0.15) is 5.10 Å². The van der Waals surface area contributed by atoms with Crippen molar-refractivity contribution in [1.82, 2.24) is 4.90 Å². The van der Waals surface area contributed by atoms with Gasteiger partial charge in [-0.25, -0.2) is 0 Å². The molecule has 1 fully saturated rings. The second-order valence-electron chi connectivity index (χ2n) is 7.14. The Balaban J connectivity index is 1.62. The van der Waals surface area contributed by atoms with E-state index in [2.05, 4.69) is 57.3 Å². The van der Waals surface area contributed by atoms with Gasteiger partial charge in [0, 0.05) is 4.47 Å². The molecule has 1 saturated heterocycles. The van der Waals surface area contributed by atoms with Crippen LogP contribution in [-0.2, 0) is 11.3 Å². The molecule has 0 radical (unpaired) electrons. The third-order valence-electron chi connectivity index (χ3n) is 5.00. The zero-order valence-corrected chi connectivity index (χ0v) is 19.1. The Labute approximate surface area is 189 Å². The summed E-state index contributed by atoms with van der Waals surface area (Å²) < 4.78 is 1.02. The Morgan fingerprint density at radius 2 is 1.83 bits per heavy atom. The van der Waals surface area contributed by atoms with Crippen molar-refractivity contribution < 1.29 is 4.79 Å². The van der Waals surface area contributed by atoms with Crippen LogP contribution in [-0.4, -0.2) is 27.4 Å². The second kappa shape index (κ2) is 9.58. The number of carbonyl (C=O) groups excluding carboxylic acids is 1. The van der Waals surface area contributed by atoms with Gasteiger partial charge in [0.15, 0.2) is 5.17 Å². The van der Waals surface area contributed by atoms with Crippen molar-refractivity contribution >= 4 is 55.8 Å². The molecule has 0 bridgehead atoms. The molecular weight excluding hydrogens is 458 g/mol. The van der Waals surface area contributed by atoms with Crippen LogP contribution in [0.1, 0.15) is 30.9 Å². The van der Waals surface area contributed by atoms with Gasteiger partial charge in [-0.3, -0.25) is 9.69 Å². The van der Waals surface area contributed by atoms with Gasteiger partial charge in [-0.05, 0) is 40.5 Å². The zero-order chi connectivity index (χ0) is 20.9. The molecular formula is C24H22BrN3OS. The normalized spacial score (nSPS) is 18.2. The minimum Gasteiger partial charge on any atom is -0.284 e. The number of nitrogens with zero attached hydrogens (tertiary/aromatic N) is 3. The number of thioether (sulfide) groups is 1. The van der Waals surface area contributed by atoms with Crippen molar-refractivity contribution in [3.05, 3.63) is 82.3 Å². The van der Waals surface area contributed by atoms with Gasteiger partial charge in [-0.15, -0.1) is 5.10 Å². The fourth-order valence-electron chi connectivity index (χ4n) is 3.47. The lowest BCUT2D eigenvalue weighted by Gasteiger charge is -2.17. The first-order chi connectivity index (χ1) is 14.7. The summed E-state index contributed by atoms with van der Waals surface area (Å²) in [6, 6.07) is 22.3. The molecule has 30 heavy (non-hydrogen) atoms. The zero-order valence-electron chi connectivity index (χ0n) is 16.7. The van der Waals surface area contributed by atoms with E-state index in [-0.39, 0.29) is 11.2 Å². The molecule has 0 N–H and O–H groups in total. The molecule has 3 aromatic carbocycles. The number of halogens is 1. The van der Waals surface area contributed by atoms with Crippen LogP contribution in [0.5, 0.6) is 0 Å². The summed E-state index contributed by atoms with van der Waals surface area (Å²) in [5, 5.41) is 11.6. The first-order valence-electron chi connectivity index (χ1n) is 9.97. The van der Waals surface area contributed by atoms with E-state index in [0.29, 0.717) is 11.7 Å². The highest BCUT2D eigenvalue weighted by Gasteiger charge is 2.37. The fourth-order valence-corrected chi connectivity index (χ4v) is 4.95. The topological polar surface area (TPSA) is 45.0 Å². The van der Waals surface area contributed by atoms with Crippen molar-refractivity contribution in [1.29, 1.82) is 0 Å². The van der Waals surface area contributed by atoms with Gasteiger partial charge in [0.1, 0.15) is 0 Å². The summed E-state index contributed by atoms with van der Waals surface area (Å²) in [6.45, 7) is 2.60. The maximum Gasteiger partial charge on any atom is 0.242 e. The van der Waals surface area contributed by atoms with Gasteiger partial charge < -0.3 is 0 Å². The van der Waals surface area contributed by atoms with Gasteiger partial charge in [-0.1, -0.05) is 95.6 Å². The van der Waals surface area contributed by atoms with E-state index >= 15 is 0 Å². The SMILES string of the molecule is CCC[C@@H]1S/C(=N/N=C\c2ccc(Br)cc2)N(Cc2cccc3ccccc23)C1=O. The van der Waals surface area contributed by atoms with Crippen LogP contribution in [0.25, 0.3) is 10.8 Å². The molecule has 1 aliphatic heterocycles. The minimum atomic E-state index is -0.0911. The first kappa shape index (κ1) is 20.8. The number of amidine groups is 1. The Hall–Kier alpha value is -2.44. The maximum absolute atomic E-state index is 13.1. The largest absolute Gasteiger partial charge is 0.284 e. The number of amides is 1. The molecule has 0 aromatic heterocycles. The average Bonchev–Trinajstić information content (AvgIpc) is 3.05. The van der Waals surface area contributed by atoms with Crippen LogP contribution in [0.2, 0.25) is 0 Å². The maximum atomic E-state index is 13.1. The van der Waals surface area contributed by atoms with Crippen molar-refractivity contribution in [3.8, 4) is 0 Å². The van der Waals surface area contributed by atoms with Crippen molar-refractivity contribution in [2.45, 2.75) is 31.6 Å². The standard InChI is InChI=1S/C24H22BrN3OS/c1-2-6-22-23(29)28(16-19-9-5-8-18-7-3-4-10-21(18)19)24(30-22)27-26-15-17-11-13-20(25)14-12-17/h3-5,7-15,22H,2,6,16H2,1H3/b26-15-,27-24+/t22-/m0/s1. The average molecular weight is 480 g/mol. The number of fused-ring (bicyclic) bond motifs is 1. The molecule has 0 spiro atoms. The molecule has 6 heteroatoms. The number of hydrogen-bond acceptors (Lipinski definition) is 4. The van der Waals surface area contributed by atoms with Crippen LogP contribution >= 0.6 is 27.7 Å². The number of carbonyl (C=O) groups is 1. The fraction of sp³-hybridized carbons (Fsp3) is 0.208. The molecule has 1 amide bonds. The third-order valence-corrected chi connectivity index (χ3v) is 6.76. The first-order valence-corrected chi connectivity index (χ1v) is 11.6. The monoisotopic (exact) mass is 479 g/mol. The summed E-state index contributed by atoms with van der Waals surface area (Å²) in [6.07, 6.45) is 3.51. The van der Waals surface area contributed by atoms with Crippen molar-refractivity contribution in [2.24, 2.45) is 10.2 Å². The molecule has 0 aliphatic carbocycles. The van der Waals surface area contributed by atoms with Crippen LogP contribution < -0.4 is 0 Å². The van der Waals surface area contributed by atoms with Crippen LogP contribution in [0.3, 0.4) is 0 Å². The van der Waals surface area contributed by atoms with Gasteiger partial charge in [0.2, 0.25) is 5.91 Å². The van der Waals surface area contributed by atoms with E-state index in [4.69, 9.17) is 0 Å². The van der Waals surface area contributed by atoms with Crippen LogP contribution in [0, 0.1) is 0 Å². The highest BCUT2D eigenvalue weighted by Crippen LogP contribution is 2.32. The Morgan fingerprint density at radius 3 is 2.63 bits per heavy atom. The van der Waals surface area contributed by atoms with Crippen molar-refractivity contribution in [3.63, 3.8) is 0 Å². The summed E-state index contributed by atoms with van der Waals surface area (Å²) in [7, 11) is 0. The highest BCUT2D eigenvalue weighted by molar-refractivity contribution is 9.10. The molecule has 0 saturated carbocycles. The molecule has 4 rings (SSSR count). The Bertz CT molecular complexity index is 1110. The van der Waals surface area contributed by atoms with E-state index < -0.39 is 0 Å². The van der Waals surface area contributed by atoms with Gasteiger partial charge in [0.05, 0.1) is 18.0 Å². The molecule has 3 aromatic rings. The predicted molar refractivity (Wildman–Crippen MR) is 130 cm³/mol. The molecule has 152 valence electrons. The van der Waals surface area contributed by atoms with Gasteiger partial charge >= 0.3 is 0 Å². The Kier molecular flexibility index (Phi) is 6.65. The summed E-state index contributed by atoms with van der Waals surface area (Å²) >= 11 is 4.95. The van der Waals surface area contributed by atoms with Crippen LogP contribution in [0.4, 0.5) is 0 Å². The Morgan fingerprint density at radius 1 is 1.07 bits per heavy atom. The van der Waals surface area contributed by atoms with E-state index in [0.717, 1.165) is 33.8 Å². The number of rotatable bonds is 6. The summed E-state index contributed by atoms with van der Waals surface area (Å²) in [5.41, 5.74) is 2.08. The summed E-state index contributed by atoms with van der Waals surface area (Å²) in [5.74, 6) is 0.118. The quantitative estimate of drug-likeness (QED) is 0.310. The van der Waals surface area contributed by atoms with E-state index in [9.17, 15) is 4.79 Å². The molecule has 4 nitrogen and oxygen atoms in total. The number of benzene rings is 3. The molecule has 1 heterocycles. The van der Waals surface area contributed by atoms with E-state index in [1.165, 1.54) is 17.1 Å². The smallest absolute Gasteiger partial charge is 0.242 e. The van der Waals surface area contributed by atoms with Crippen LogP contribution in [0.15, 0.2) is 81.4 Å². The molecule has 1 aliphatic rings. The lowest BCUT2D eigenvalue weighted by Crippen LogP contribution is -2.31. The predicted octanol–water partition coefficient (Wildman–Crippen LogP) is 6.24. The minimum absolute atomic E-state index is 0.0911. The summed E-state index contributed by atoms with van der Waals surface area (Å²) in [4.78, 5) is 14.9. The van der Waals surface area contributed by atoms with Crippen molar-refractivity contribution in [2.75, 3.05) is 0 Å². The highest BCUT2D eigenvalue weighted by atomic mass is 79.9. The number of hydrogen-bond donors (Lipinski definition) is 0. The van der Waals surface area contributed by atoms with E-state index in [1.807, 2.05) is 42.5 Å². The second-order valence-corrected chi connectivity index (χ2v) is 9.22. The van der Waals surface area contributed by atoms with E-state index in [1.54, 1.807) is 11.1 Å². The third kappa shape index (κ3) is 4.65. The molecule has 1 atom stereocenters. The lowest BCUT2D eigenvalue weighted by atomic mass is 10.0. The van der Waals surface area contributed by atoms with Gasteiger partial charge in [0.25, 0.3) is 0 Å². The lowest BCUT2D eigenvalue weighted by molar-refractivity contribution is -0.126.